The number of phenolic OH excluding ortho intramolecular Hbond substituents is 1. The number of aryl methyl sites for hydroxylation is 2. The van der Waals surface area contributed by atoms with Gasteiger partial charge in [-0.25, -0.2) is 18.2 Å². The van der Waals surface area contributed by atoms with E-state index in [9.17, 15) is 13.9 Å². The number of fused-ring (bicyclic) bond motifs is 7. The van der Waals surface area contributed by atoms with E-state index in [-0.39, 0.29) is 35.6 Å². The number of nitrogens with zero attached hydrogens (tertiary/aromatic N) is 5. The summed E-state index contributed by atoms with van der Waals surface area (Å²) in [5, 5.41) is 16.1. The Kier molecular flexibility index (Phi) is 6.45. The normalized spacial score (nSPS) is 28.8. The second kappa shape index (κ2) is 10.4. The van der Waals surface area contributed by atoms with Crippen LogP contribution in [0.4, 0.5) is 19.0 Å². The van der Waals surface area contributed by atoms with Gasteiger partial charge in [0.05, 0.1) is 16.6 Å². The van der Waals surface area contributed by atoms with E-state index >= 15 is 4.39 Å². The second-order valence-electron chi connectivity index (χ2n) is 14.1. The molecule has 4 aromatic rings. The molecule has 0 amide bonds. The van der Waals surface area contributed by atoms with Gasteiger partial charge in [0.1, 0.15) is 41.4 Å². The Morgan fingerprint density at radius 2 is 1.96 bits per heavy atom. The molecule has 9 rings (SSSR count). The van der Waals surface area contributed by atoms with Gasteiger partial charge >= 0.3 is 6.01 Å². The van der Waals surface area contributed by atoms with Crippen LogP contribution in [0.25, 0.3) is 32.9 Å². The molecular formula is C35H37F3N6O2. The van der Waals surface area contributed by atoms with Gasteiger partial charge in [0.25, 0.3) is 0 Å². The summed E-state index contributed by atoms with van der Waals surface area (Å²) in [6.45, 7) is 3.87. The Morgan fingerprint density at radius 3 is 2.85 bits per heavy atom. The molecule has 2 N–H and O–H groups in total. The van der Waals surface area contributed by atoms with E-state index in [0.717, 1.165) is 51.6 Å². The summed E-state index contributed by atoms with van der Waals surface area (Å²) in [5.74, 6) is -0.511. The molecule has 11 heteroatoms. The van der Waals surface area contributed by atoms with Crippen molar-refractivity contribution in [1.82, 2.24) is 25.2 Å². The molecule has 7 heterocycles. The molecule has 0 radical (unpaired) electrons. The summed E-state index contributed by atoms with van der Waals surface area (Å²) in [7, 11) is 0. The number of pyridine rings is 1. The zero-order valence-corrected chi connectivity index (χ0v) is 25.8. The number of hydrogen-bond donors (Lipinski definition) is 2. The van der Waals surface area contributed by atoms with Crippen LogP contribution in [0, 0.1) is 18.6 Å². The van der Waals surface area contributed by atoms with Crippen LogP contribution in [0.15, 0.2) is 24.3 Å². The van der Waals surface area contributed by atoms with Gasteiger partial charge < -0.3 is 20.1 Å². The maximum absolute atomic E-state index is 17.1. The number of alkyl halides is 1. The SMILES string of the molecule is Cc1c(F)ccc2cc(O)cc(-c3nc4c5c(nc(OC[C@@]67CCCN6C[C@H](F)C7)nc5c3F)N3C[C@H]5CCC(N5)[C@H]3CCC4)c12. The Bertz CT molecular complexity index is 1910. The van der Waals surface area contributed by atoms with Gasteiger partial charge in [-0.15, -0.1) is 0 Å². The zero-order chi connectivity index (χ0) is 31.3. The molecule has 5 aliphatic rings. The number of rotatable bonds is 4. The van der Waals surface area contributed by atoms with Gasteiger partial charge in [-0.1, -0.05) is 6.07 Å². The molecule has 46 heavy (non-hydrogen) atoms. The lowest BCUT2D eigenvalue weighted by molar-refractivity contribution is 0.107. The number of ether oxygens (including phenoxy) is 1. The average molecular weight is 631 g/mol. The number of anilines is 1. The molecule has 0 saturated carbocycles. The third kappa shape index (κ3) is 4.30. The summed E-state index contributed by atoms with van der Waals surface area (Å²) in [4.78, 5) is 19.1. The second-order valence-corrected chi connectivity index (χ2v) is 14.1. The molecule has 2 aromatic carbocycles. The van der Waals surface area contributed by atoms with Gasteiger partial charge in [0.2, 0.25) is 0 Å². The molecule has 2 aromatic heterocycles. The van der Waals surface area contributed by atoms with Gasteiger partial charge in [-0.3, -0.25) is 4.90 Å². The minimum atomic E-state index is -0.897. The van der Waals surface area contributed by atoms with E-state index < -0.39 is 23.3 Å². The third-order valence-corrected chi connectivity index (χ3v) is 11.3. The third-order valence-electron chi connectivity index (χ3n) is 11.3. The number of hydrogen-bond acceptors (Lipinski definition) is 8. The number of benzene rings is 2. The lowest BCUT2D eigenvalue weighted by atomic mass is 9.93. The molecule has 0 aliphatic carbocycles. The first-order valence-corrected chi connectivity index (χ1v) is 16.6. The van der Waals surface area contributed by atoms with Crippen LogP contribution in [0.1, 0.15) is 56.2 Å². The number of aromatic hydroxyl groups is 1. The number of phenols is 1. The van der Waals surface area contributed by atoms with Crippen molar-refractivity contribution in [2.75, 3.05) is 31.1 Å². The largest absolute Gasteiger partial charge is 0.508 e. The molecule has 4 fully saturated rings. The standard InChI is InChI=1S/C35H37F3N6O2/c1-18-24(37)8-6-19-12-22(45)13-23(28(18)19)31-30(38)32-29-26(40-31)4-2-5-27-25-9-7-21(39-25)16-44(27)33(29)42-34(41-32)46-17-35-10-3-11-43(35)15-20(36)14-35/h6,8,12-13,20-21,25,27,39,45H,2-5,7,9-11,14-17H2,1H3/t20-,21-,25?,27-,35+/m1/s1. The summed E-state index contributed by atoms with van der Waals surface area (Å²) in [6.07, 6.45) is 5.87. The van der Waals surface area contributed by atoms with Gasteiger partial charge in [0, 0.05) is 43.2 Å². The topological polar surface area (TPSA) is 86.6 Å². The van der Waals surface area contributed by atoms with Crippen molar-refractivity contribution >= 4 is 27.5 Å². The van der Waals surface area contributed by atoms with Crippen LogP contribution in [0.5, 0.6) is 11.8 Å². The van der Waals surface area contributed by atoms with Crippen molar-refractivity contribution in [3.05, 3.63) is 47.2 Å². The lowest BCUT2D eigenvalue weighted by Crippen LogP contribution is -2.58. The zero-order valence-electron chi connectivity index (χ0n) is 25.8. The van der Waals surface area contributed by atoms with Crippen LogP contribution >= 0.6 is 0 Å². The highest BCUT2D eigenvalue weighted by Crippen LogP contribution is 2.44. The Balaban J connectivity index is 1.25. The number of piperazine rings is 1. The van der Waals surface area contributed by atoms with Crippen molar-refractivity contribution < 1.29 is 23.0 Å². The molecule has 2 bridgehead atoms. The minimum Gasteiger partial charge on any atom is -0.508 e. The van der Waals surface area contributed by atoms with E-state index in [2.05, 4.69) is 15.1 Å². The summed E-state index contributed by atoms with van der Waals surface area (Å²) < 4.78 is 52.9. The summed E-state index contributed by atoms with van der Waals surface area (Å²) in [6, 6.07) is 6.85. The van der Waals surface area contributed by atoms with Gasteiger partial charge in [0.15, 0.2) is 5.82 Å². The van der Waals surface area contributed by atoms with Crippen molar-refractivity contribution in [2.45, 2.75) is 88.1 Å². The fourth-order valence-corrected chi connectivity index (χ4v) is 9.24. The maximum atomic E-state index is 17.1. The van der Waals surface area contributed by atoms with Gasteiger partial charge in [-0.05, 0) is 92.9 Å². The van der Waals surface area contributed by atoms with E-state index in [1.165, 1.54) is 12.1 Å². The Morgan fingerprint density at radius 1 is 1.07 bits per heavy atom. The molecule has 4 saturated heterocycles. The lowest BCUT2D eigenvalue weighted by Gasteiger charge is -2.43. The van der Waals surface area contributed by atoms with E-state index in [1.54, 1.807) is 19.1 Å². The van der Waals surface area contributed by atoms with Crippen LogP contribution < -0.4 is 15.0 Å². The fraction of sp³-hybridized carbons (Fsp3) is 0.514. The predicted molar refractivity (Wildman–Crippen MR) is 169 cm³/mol. The van der Waals surface area contributed by atoms with Gasteiger partial charge in [-0.2, -0.15) is 9.97 Å². The number of nitrogens with one attached hydrogen (secondary N) is 1. The Labute approximate surface area is 265 Å². The molecule has 5 atom stereocenters. The van der Waals surface area contributed by atoms with Crippen LogP contribution in [0.2, 0.25) is 0 Å². The summed E-state index contributed by atoms with van der Waals surface area (Å²) >= 11 is 0. The van der Waals surface area contributed by atoms with Crippen LogP contribution in [0.3, 0.4) is 0 Å². The maximum Gasteiger partial charge on any atom is 0.319 e. The molecular weight excluding hydrogens is 593 g/mol. The Hall–Kier alpha value is -3.70. The van der Waals surface area contributed by atoms with E-state index in [1.807, 2.05) is 0 Å². The average Bonchev–Trinajstić information content (AvgIpc) is 3.70. The van der Waals surface area contributed by atoms with Crippen LogP contribution in [-0.2, 0) is 6.42 Å². The highest BCUT2D eigenvalue weighted by atomic mass is 19.1. The first-order chi connectivity index (χ1) is 22.3. The minimum absolute atomic E-state index is 0.0156. The molecule has 1 unspecified atom stereocenters. The fourth-order valence-electron chi connectivity index (χ4n) is 9.24. The van der Waals surface area contributed by atoms with Crippen molar-refractivity contribution in [1.29, 1.82) is 0 Å². The highest BCUT2D eigenvalue weighted by Gasteiger charge is 2.49. The number of halogens is 3. The number of aromatic nitrogens is 3. The van der Waals surface area contributed by atoms with Crippen molar-refractivity contribution in [3.8, 4) is 23.0 Å². The molecule has 5 aliphatic heterocycles. The van der Waals surface area contributed by atoms with Crippen molar-refractivity contribution in [2.24, 2.45) is 0 Å². The monoisotopic (exact) mass is 630 g/mol. The van der Waals surface area contributed by atoms with Crippen molar-refractivity contribution in [3.63, 3.8) is 0 Å². The first kappa shape index (κ1) is 28.5. The van der Waals surface area contributed by atoms with Crippen LogP contribution in [-0.4, -0.2) is 81.0 Å². The molecule has 8 nitrogen and oxygen atoms in total. The summed E-state index contributed by atoms with van der Waals surface area (Å²) in [5.41, 5.74) is 1.06. The first-order valence-electron chi connectivity index (χ1n) is 16.6. The highest BCUT2D eigenvalue weighted by molar-refractivity contribution is 6.02. The predicted octanol–water partition coefficient (Wildman–Crippen LogP) is 5.74. The quantitative estimate of drug-likeness (QED) is 0.296. The van der Waals surface area contributed by atoms with E-state index in [4.69, 9.17) is 19.7 Å². The van der Waals surface area contributed by atoms with E-state index in [0.29, 0.717) is 70.3 Å². The molecule has 0 spiro atoms. The smallest absolute Gasteiger partial charge is 0.319 e. The molecule has 240 valence electrons.